The Balaban J connectivity index is 1.93. The highest BCUT2D eigenvalue weighted by molar-refractivity contribution is 5.95. The van der Waals surface area contributed by atoms with Crippen LogP contribution in [-0.2, 0) is 16.1 Å². The van der Waals surface area contributed by atoms with Gasteiger partial charge in [0.1, 0.15) is 6.04 Å². The molecule has 4 nitrogen and oxygen atoms in total. The first kappa shape index (κ1) is 16.5. The van der Waals surface area contributed by atoms with Crippen LogP contribution in [0.2, 0.25) is 0 Å². The van der Waals surface area contributed by atoms with E-state index in [2.05, 4.69) is 31.2 Å². The van der Waals surface area contributed by atoms with Gasteiger partial charge in [-0.25, -0.2) is 0 Å². The van der Waals surface area contributed by atoms with Crippen LogP contribution in [0.1, 0.15) is 31.4 Å². The fraction of sp³-hybridized carbons (Fsp3) is 0.400. The van der Waals surface area contributed by atoms with E-state index in [1.54, 1.807) is 9.80 Å². The summed E-state index contributed by atoms with van der Waals surface area (Å²) in [6.07, 6.45) is 0.869. The Bertz CT molecular complexity index is 784. The quantitative estimate of drug-likeness (QED) is 0.867. The highest BCUT2D eigenvalue weighted by atomic mass is 16.2. The van der Waals surface area contributed by atoms with E-state index in [4.69, 9.17) is 0 Å². The van der Waals surface area contributed by atoms with Crippen LogP contribution in [0.3, 0.4) is 0 Å². The first-order valence-electron chi connectivity index (χ1n) is 8.58. The molecule has 0 unspecified atom stereocenters. The van der Waals surface area contributed by atoms with Crippen LogP contribution in [0.15, 0.2) is 36.4 Å². The summed E-state index contributed by atoms with van der Waals surface area (Å²) in [5.41, 5.74) is 2.28. The minimum atomic E-state index is -0.406. The molecule has 24 heavy (non-hydrogen) atoms. The summed E-state index contributed by atoms with van der Waals surface area (Å²) in [7, 11) is 0. The summed E-state index contributed by atoms with van der Waals surface area (Å²) < 4.78 is 0. The standard InChI is InChI=1S/C20H24N2O2/c1-4-11-21-13-19(23)22(15(3)20(21)24)12-18-14(2)9-10-16-7-5-6-8-17(16)18/h5-10,15H,4,11-13H2,1-3H3/t15-/m0/s1. The zero-order chi connectivity index (χ0) is 17.3. The minimum absolute atomic E-state index is 0.0304. The highest BCUT2D eigenvalue weighted by Gasteiger charge is 2.36. The predicted octanol–water partition coefficient (Wildman–Crippen LogP) is 3.12. The van der Waals surface area contributed by atoms with Crippen molar-refractivity contribution in [3.8, 4) is 0 Å². The van der Waals surface area contributed by atoms with Gasteiger partial charge < -0.3 is 9.80 Å². The lowest BCUT2D eigenvalue weighted by molar-refractivity contribution is -0.155. The van der Waals surface area contributed by atoms with Crippen LogP contribution in [0, 0.1) is 6.92 Å². The number of piperazine rings is 1. The van der Waals surface area contributed by atoms with Gasteiger partial charge in [-0.2, -0.15) is 0 Å². The molecule has 1 saturated heterocycles. The number of fused-ring (bicyclic) bond motifs is 1. The molecule has 2 amide bonds. The lowest BCUT2D eigenvalue weighted by Crippen LogP contribution is -2.58. The molecule has 1 aliphatic rings. The molecule has 4 heteroatoms. The van der Waals surface area contributed by atoms with E-state index in [-0.39, 0.29) is 18.4 Å². The molecule has 0 aromatic heterocycles. The molecule has 0 bridgehead atoms. The lowest BCUT2D eigenvalue weighted by atomic mass is 9.98. The maximum absolute atomic E-state index is 12.6. The third-order valence-corrected chi connectivity index (χ3v) is 4.88. The second kappa shape index (κ2) is 6.63. The molecule has 0 aliphatic carbocycles. The number of aryl methyl sites for hydroxylation is 1. The van der Waals surface area contributed by atoms with Crippen molar-refractivity contribution < 1.29 is 9.59 Å². The summed E-state index contributed by atoms with van der Waals surface area (Å²) in [4.78, 5) is 28.6. The fourth-order valence-electron chi connectivity index (χ4n) is 3.45. The van der Waals surface area contributed by atoms with E-state index in [1.165, 1.54) is 0 Å². The zero-order valence-electron chi connectivity index (χ0n) is 14.6. The Morgan fingerprint density at radius 3 is 2.62 bits per heavy atom. The maximum atomic E-state index is 12.6. The topological polar surface area (TPSA) is 40.6 Å². The molecule has 0 N–H and O–H groups in total. The molecular formula is C20H24N2O2. The number of hydrogen-bond acceptors (Lipinski definition) is 2. The Kier molecular flexibility index (Phi) is 4.56. The smallest absolute Gasteiger partial charge is 0.245 e. The molecule has 2 aromatic rings. The van der Waals surface area contributed by atoms with Gasteiger partial charge in [-0.15, -0.1) is 0 Å². The Morgan fingerprint density at radius 2 is 1.88 bits per heavy atom. The van der Waals surface area contributed by atoms with E-state index in [9.17, 15) is 9.59 Å². The van der Waals surface area contributed by atoms with Crippen LogP contribution >= 0.6 is 0 Å². The van der Waals surface area contributed by atoms with Crippen molar-refractivity contribution in [2.24, 2.45) is 0 Å². The predicted molar refractivity (Wildman–Crippen MR) is 95.6 cm³/mol. The number of rotatable bonds is 4. The van der Waals surface area contributed by atoms with Gasteiger partial charge >= 0.3 is 0 Å². The van der Waals surface area contributed by atoms with Gasteiger partial charge in [-0.05, 0) is 42.2 Å². The van der Waals surface area contributed by atoms with Gasteiger partial charge in [-0.1, -0.05) is 43.3 Å². The number of hydrogen-bond donors (Lipinski definition) is 0. The third kappa shape index (κ3) is 2.88. The van der Waals surface area contributed by atoms with E-state index in [0.717, 1.165) is 28.3 Å². The molecule has 3 rings (SSSR count). The summed E-state index contributed by atoms with van der Waals surface area (Å²) in [6.45, 7) is 7.25. The van der Waals surface area contributed by atoms with Crippen LogP contribution < -0.4 is 0 Å². The second-order valence-electron chi connectivity index (χ2n) is 6.54. The average Bonchev–Trinajstić information content (AvgIpc) is 2.58. The molecule has 0 spiro atoms. The Labute approximate surface area is 143 Å². The van der Waals surface area contributed by atoms with Crippen molar-refractivity contribution in [1.82, 2.24) is 9.80 Å². The number of carbonyl (C=O) groups excluding carboxylic acids is 2. The number of benzene rings is 2. The monoisotopic (exact) mass is 324 g/mol. The fourth-order valence-corrected chi connectivity index (χ4v) is 3.45. The minimum Gasteiger partial charge on any atom is -0.332 e. The van der Waals surface area contributed by atoms with Crippen LogP contribution in [0.5, 0.6) is 0 Å². The molecule has 2 aromatic carbocycles. The second-order valence-corrected chi connectivity index (χ2v) is 6.54. The molecule has 0 radical (unpaired) electrons. The van der Waals surface area contributed by atoms with E-state index in [0.29, 0.717) is 13.1 Å². The van der Waals surface area contributed by atoms with Crippen molar-refractivity contribution in [2.75, 3.05) is 13.1 Å². The Morgan fingerprint density at radius 1 is 1.12 bits per heavy atom. The molecular weight excluding hydrogens is 300 g/mol. The highest BCUT2D eigenvalue weighted by Crippen LogP contribution is 2.25. The van der Waals surface area contributed by atoms with Gasteiger partial charge in [-0.3, -0.25) is 9.59 Å². The van der Waals surface area contributed by atoms with Gasteiger partial charge in [0.25, 0.3) is 0 Å². The molecule has 126 valence electrons. The maximum Gasteiger partial charge on any atom is 0.245 e. The van der Waals surface area contributed by atoms with E-state index in [1.807, 2.05) is 26.0 Å². The first-order chi connectivity index (χ1) is 11.5. The summed E-state index contributed by atoms with van der Waals surface area (Å²) in [5, 5.41) is 2.31. The van der Waals surface area contributed by atoms with Gasteiger partial charge in [0, 0.05) is 13.1 Å². The summed E-state index contributed by atoms with van der Waals surface area (Å²) in [5.74, 6) is 0.0808. The molecule has 1 fully saturated rings. The first-order valence-corrected chi connectivity index (χ1v) is 8.58. The van der Waals surface area contributed by atoms with Crippen LogP contribution in [0.25, 0.3) is 10.8 Å². The number of amides is 2. The van der Waals surface area contributed by atoms with Crippen molar-refractivity contribution in [1.29, 1.82) is 0 Å². The van der Waals surface area contributed by atoms with Gasteiger partial charge in [0.05, 0.1) is 6.54 Å². The lowest BCUT2D eigenvalue weighted by Gasteiger charge is -2.39. The number of nitrogens with zero attached hydrogens (tertiary/aromatic N) is 2. The summed E-state index contributed by atoms with van der Waals surface area (Å²) >= 11 is 0. The van der Waals surface area contributed by atoms with Crippen molar-refractivity contribution >= 4 is 22.6 Å². The van der Waals surface area contributed by atoms with Crippen LogP contribution in [0.4, 0.5) is 0 Å². The third-order valence-electron chi connectivity index (χ3n) is 4.88. The van der Waals surface area contributed by atoms with E-state index < -0.39 is 6.04 Å². The molecule has 0 saturated carbocycles. The molecule has 1 atom stereocenters. The van der Waals surface area contributed by atoms with Crippen LogP contribution in [-0.4, -0.2) is 40.7 Å². The normalized spacial score (nSPS) is 18.5. The largest absolute Gasteiger partial charge is 0.332 e. The number of carbonyl (C=O) groups is 2. The van der Waals surface area contributed by atoms with Gasteiger partial charge in [0.2, 0.25) is 11.8 Å². The zero-order valence-corrected chi connectivity index (χ0v) is 14.6. The average molecular weight is 324 g/mol. The Hall–Kier alpha value is -2.36. The molecule has 1 heterocycles. The van der Waals surface area contributed by atoms with E-state index >= 15 is 0 Å². The SMILES string of the molecule is CCCN1CC(=O)N(Cc2c(C)ccc3ccccc23)[C@@H](C)C1=O. The van der Waals surface area contributed by atoms with Crippen molar-refractivity contribution in [2.45, 2.75) is 39.8 Å². The van der Waals surface area contributed by atoms with Crippen molar-refractivity contribution in [3.05, 3.63) is 47.5 Å². The summed E-state index contributed by atoms with van der Waals surface area (Å²) in [6, 6.07) is 12.0. The molecule has 1 aliphatic heterocycles. The van der Waals surface area contributed by atoms with Gasteiger partial charge in [0.15, 0.2) is 0 Å². The van der Waals surface area contributed by atoms with Crippen molar-refractivity contribution in [3.63, 3.8) is 0 Å².